The van der Waals surface area contributed by atoms with Crippen LogP contribution in [0.1, 0.15) is 11.1 Å². The zero-order chi connectivity index (χ0) is 17.0. The summed E-state index contributed by atoms with van der Waals surface area (Å²) in [5, 5.41) is 1.57. The zero-order valence-electron chi connectivity index (χ0n) is 13.2. The highest BCUT2D eigenvalue weighted by molar-refractivity contribution is 6.31. The van der Waals surface area contributed by atoms with Crippen LogP contribution in [0.25, 0.3) is 33.3 Å². The number of nitrogens with two attached hydrogens (primary N) is 1. The molecule has 0 spiro atoms. The van der Waals surface area contributed by atoms with Gasteiger partial charge in [0.05, 0.1) is 11.2 Å². The van der Waals surface area contributed by atoms with Gasteiger partial charge >= 0.3 is 0 Å². The topological polar surface area (TPSA) is 64.7 Å². The molecule has 4 aromatic rings. The minimum atomic E-state index is 0.489. The summed E-state index contributed by atoms with van der Waals surface area (Å²) in [5.74, 6) is 0.489. The number of fused-ring (bicyclic) bond motifs is 6. The van der Waals surface area contributed by atoms with Crippen LogP contribution in [0, 0.1) is 0 Å². The van der Waals surface area contributed by atoms with Gasteiger partial charge in [-0.15, -0.1) is 0 Å². The van der Waals surface area contributed by atoms with E-state index in [-0.39, 0.29) is 0 Å². The van der Waals surface area contributed by atoms with Crippen molar-refractivity contribution in [3.05, 3.63) is 71.1 Å². The van der Waals surface area contributed by atoms with Crippen LogP contribution in [-0.2, 0) is 6.42 Å². The van der Waals surface area contributed by atoms with E-state index in [9.17, 15) is 0 Å². The van der Waals surface area contributed by atoms with E-state index in [2.05, 4.69) is 39.2 Å². The Bertz CT molecular complexity index is 1150. The molecule has 0 unspecified atom stereocenters. The van der Waals surface area contributed by atoms with E-state index in [1.807, 2.05) is 24.4 Å². The Hall–Kier alpha value is -2.98. The number of benzene rings is 2. The Kier molecular flexibility index (Phi) is 3.02. The van der Waals surface area contributed by atoms with Crippen molar-refractivity contribution in [2.45, 2.75) is 6.42 Å². The van der Waals surface area contributed by atoms with Gasteiger partial charge in [0.15, 0.2) is 0 Å². The summed E-state index contributed by atoms with van der Waals surface area (Å²) in [6, 6.07) is 14.2. The average molecular weight is 345 g/mol. The normalized spacial score (nSPS) is 12.2. The van der Waals surface area contributed by atoms with Crippen molar-refractivity contribution in [2.24, 2.45) is 0 Å². The fourth-order valence-corrected chi connectivity index (χ4v) is 3.70. The van der Waals surface area contributed by atoms with E-state index in [1.54, 1.807) is 0 Å². The highest BCUT2D eigenvalue weighted by Crippen LogP contribution is 2.41. The number of nitrogens with zero attached hydrogens (tertiary/aromatic N) is 3. The molecule has 0 fully saturated rings. The first-order chi connectivity index (χ1) is 12.2. The summed E-state index contributed by atoms with van der Waals surface area (Å²) >= 11 is 6.25. The summed E-state index contributed by atoms with van der Waals surface area (Å²) < 4.78 is 0. The molecule has 0 atom stereocenters. The number of rotatable bonds is 0. The first kappa shape index (κ1) is 14.4. The zero-order valence-corrected chi connectivity index (χ0v) is 14.0. The van der Waals surface area contributed by atoms with Gasteiger partial charge in [-0.3, -0.25) is 4.98 Å². The molecule has 1 aliphatic carbocycles. The number of hydrogen-bond acceptors (Lipinski definition) is 4. The van der Waals surface area contributed by atoms with Crippen molar-refractivity contribution >= 4 is 28.3 Å². The number of pyridine rings is 1. The largest absolute Gasteiger partial charge is 0.383 e. The quantitative estimate of drug-likeness (QED) is 0.449. The lowest BCUT2D eigenvalue weighted by Crippen LogP contribution is -1.96. The standard InChI is InChI=1S/C20H13ClN4/c21-13-4-3-11-6-12-7-18-17(20(22)25-10-24-18)9-15(12)14-2-1-5-23-19(14)16(11)8-13/h1-5,7-10H,6H2,(H2,22,24,25). The van der Waals surface area contributed by atoms with Crippen molar-refractivity contribution < 1.29 is 0 Å². The van der Waals surface area contributed by atoms with Gasteiger partial charge in [-0.1, -0.05) is 23.7 Å². The number of hydrogen-bond donors (Lipinski definition) is 1. The van der Waals surface area contributed by atoms with Crippen LogP contribution in [0.5, 0.6) is 0 Å². The lowest BCUT2D eigenvalue weighted by atomic mass is 9.96. The molecule has 0 bridgehead atoms. The van der Waals surface area contributed by atoms with E-state index in [0.717, 1.165) is 39.7 Å². The molecule has 0 aliphatic heterocycles. The van der Waals surface area contributed by atoms with E-state index in [0.29, 0.717) is 10.8 Å². The second-order valence-corrected chi connectivity index (χ2v) is 6.60. The minimum Gasteiger partial charge on any atom is -0.383 e. The van der Waals surface area contributed by atoms with Crippen molar-refractivity contribution in [3.63, 3.8) is 0 Å². The van der Waals surface area contributed by atoms with Crippen LogP contribution >= 0.6 is 11.6 Å². The molecule has 2 heterocycles. The lowest BCUT2D eigenvalue weighted by Gasteiger charge is -2.11. The van der Waals surface area contributed by atoms with Gasteiger partial charge in [-0.25, -0.2) is 9.97 Å². The third-order valence-electron chi connectivity index (χ3n) is 4.70. The minimum absolute atomic E-state index is 0.489. The molecule has 25 heavy (non-hydrogen) atoms. The highest BCUT2D eigenvalue weighted by atomic mass is 35.5. The van der Waals surface area contributed by atoms with Crippen LogP contribution in [0.2, 0.25) is 5.02 Å². The molecule has 5 rings (SSSR count). The highest BCUT2D eigenvalue weighted by Gasteiger charge is 2.21. The molecule has 4 nitrogen and oxygen atoms in total. The monoisotopic (exact) mass is 344 g/mol. The van der Waals surface area contributed by atoms with Gasteiger partial charge < -0.3 is 5.73 Å². The molecule has 2 aromatic heterocycles. The molecule has 1 aliphatic rings. The Morgan fingerprint density at radius 1 is 0.880 bits per heavy atom. The fraction of sp³-hybridized carbons (Fsp3) is 0.0500. The van der Waals surface area contributed by atoms with E-state index < -0.39 is 0 Å². The maximum absolute atomic E-state index is 6.25. The van der Waals surface area contributed by atoms with Gasteiger partial charge in [0.25, 0.3) is 0 Å². The molecule has 2 aromatic carbocycles. The maximum Gasteiger partial charge on any atom is 0.134 e. The summed E-state index contributed by atoms with van der Waals surface area (Å²) in [5.41, 5.74) is 13.5. The molecular weight excluding hydrogens is 332 g/mol. The van der Waals surface area contributed by atoms with Crippen molar-refractivity contribution in [3.8, 4) is 22.4 Å². The van der Waals surface area contributed by atoms with Gasteiger partial charge in [-0.05, 0) is 53.4 Å². The maximum atomic E-state index is 6.25. The van der Waals surface area contributed by atoms with Gasteiger partial charge in [-0.2, -0.15) is 0 Å². The van der Waals surface area contributed by atoms with Crippen LogP contribution in [-0.4, -0.2) is 15.0 Å². The number of nitrogen functional groups attached to an aromatic ring is 1. The van der Waals surface area contributed by atoms with Crippen LogP contribution in [0.4, 0.5) is 5.82 Å². The number of anilines is 1. The molecule has 0 saturated heterocycles. The molecule has 5 heteroatoms. The van der Waals surface area contributed by atoms with Gasteiger partial charge in [0, 0.05) is 27.7 Å². The van der Waals surface area contributed by atoms with Gasteiger partial charge in [0.2, 0.25) is 0 Å². The van der Waals surface area contributed by atoms with E-state index in [1.165, 1.54) is 17.5 Å². The molecule has 0 saturated carbocycles. The molecule has 0 amide bonds. The summed E-state index contributed by atoms with van der Waals surface area (Å²) in [7, 11) is 0. The van der Waals surface area contributed by atoms with Crippen molar-refractivity contribution in [2.75, 3.05) is 5.73 Å². The first-order valence-electron chi connectivity index (χ1n) is 7.98. The van der Waals surface area contributed by atoms with E-state index >= 15 is 0 Å². The van der Waals surface area contributed by atoms with Crippen molar-refractivity contribution in [1.82, 2.24) is 15.0 Å². The second-order valence-electron chi connectivity index (χ2n) is 6.16. The Balaban J connectivity index is 1.91. The van der Waals surface area contributed by atoms with Gasteiger partial charge in [0.1, 0.15) is 12.1 Å². The third-order valence-corrected chi connectivity index (χ3v) is 4.93. The SMILES string of the molecule is Nc1ncnc2cc3c(cc12)-c1cccnc1-c1cc(Cl)ccc1C3. The Labute approximate surface area is 149 Å². The summed E-state index contributed by atoms with van der Waals surface area (Å²) in [6.07, 6.45) is 4.11. The third kappa shape index (κ3) is 2.18. The van der Waals surface area contributed by atoms with Crippen LogP contribution < -0.4 is 5.73 Å². The molecule has 2 N–H and O–H groups in total. The second kappa shape index (κ2) is 5.26. The molecule has 0 radical (unpaired) electrons. The average Bonchev–Trinajstić information content (AvgIpc) is 2.75. The lowest BCUT2D eigenvalue weighted by molar-refractivity contribution is 1.19. The van der Waals surface area contributed by atoms with E-state index in [4.69, 9.17) is 17.3 Å². The van der Waals surface area contributed by atoms with Crippen molar-refractivity contribution in [1.29, 1.82) is 0 Å². The number of halogens is 1. The first-order valence-corrected chi connectivity index (χ1v) is 8.36. The number of aromatic nitrogens is 3. The molecular formula is C20H13ClN4. The summed E-state index contributed by atoms with van der Waals surface area (Å²) in [6.45, 7) is 0. The Morgan fingerprint density at radius 3 is 2.72 bits per heavy atom. The predicted molar refractivity (Wildman–Crippen MR) is 100 cm³/mol. The predicted octanol–water partition coefficient (Wildman–Crippen LogP) is 4.50. The van der Waals surface area contributed by atoms with Crippen LogP contribution in [0.15, 0.2) is 55.0 Å². The van der Waals surface area contributed by atoms with Crippen LogP contribution in [0.3, 0.4) is 0 Å². The smallest absolute Gasteiger partial charge is 0.134 e. The summed E-state index contributed by atoms with van der Waals surface area (Å²) in [4.78, 5) is 13.1. The fourth-order valence-electron chi connectivity index (χ4n) is 3.53. The Morgan fingerprint density at radius 2 is 1.80 bits per heavy atom. The molecule has 120 valence electrons.